The molecule has 2 heterocycles. The molecule has 7 heteroatoms. The van der Waals surface area contributed by atoms with Crippen molar-refractivity contribution in [3.05, 3.63) is 4.88 Å². The Balaban J connectivity index is 1.56. The third-order valence-corrected chi connectivity index (χ3v) is 5.57. The Morgan fingerprint density at radius 1 is 1.42 bits per heavy atom. The Hall–Kier alpha value is -0.950. The zero-order valence-electron chi connectivity index (χ0n) is 10.6. The Labute approximate surface area is 120 Å². The maximum Gasteiger partial charge on any atom is 0.265 e. The van der Waals surface area contributed by atoms with E-state index in [1.54, 1.807) is 0 Å². The Kier molecular flexibility index (Phi) is 3.83. The second-order valence-corrected chi connectivity index (χ2v) is 7.24. The van der Waals surface area contributed by atoms with Gasteiger partial charge < -0.3 is 16.4 Å². The van der Waals surface area contributed by atoms with Crippen LogP contribution in [0.2, 0.25) is 0 Å². The molecule has 104 valence electrons. The number of hydrogen-bond acceptors (Lipinski definition) is 6. The molecule has 4 N–H and O–H groups in total. The van der Waals surface area contributed by atoms with Crippen LogP contribution in [0.25, 0.3) is 0 Å². The summed E-state index contributed by atoms with van der Waals surface area (Å²) < 4.78 is 0. The summed E-state index contributed by atoms with van der Waals surface area (Å²) in [5.41, 5.74) is 5.82. The number of aromatic nitrogens is 1. The van der Waals surface area contributed by atoms with Crippen LogP contribution >= 0.6 is 23.1 Å². The van der Waals surface area contributed by atoms with E-state index >= 15 is 0 Å². The van der Waals surface area contributed by atoms with E-state index in [0.29, 0.717) is 22.7 Å². The van der Waals surface area contributed by atoms with Gasteiger partial charge >= 0.3 is 0 Å². The molecule has 2 aliphatic rings. The van der Waals surface area contributed by atoms with Crippen molar-refractivity contribution >= 4 is 40.0 Å². The molecule has 3 rings (SSSR count). The highest BCUT2D eigenvalue weighted by atomic mass is 32.2. The molecule has 19 heavy (non-hydrogen) atoms. The molecule has 0 radical (unpaired) electrons. The van der Waals surface area contributed by atoms with Crippen molar-refractivity contribution in [2.75, 3.05) is 29.1 Å². The lowest BCUT2D eigenvalue weighted by Gasteiger charge is -2.08. The maximum atomic E-state index is 12.1. The summed E-state index contributed by atoms with van der Waals surface area (Å²) in [6.45, 7) is 0.745. The topological polar surface area (TPSA) is 80.0 Å². The van der Waals surface area contributed by atoms with Gasteiger partial charge in [-0.15, -0.1) is 0 Å². The van der Waals surface area contributed by atoms with Crippen molar-refractivity contribution in [2.45, 2.75) is 25.3 Å². The SMILES string of the molecule is Nc1nc(NC2CC2)sc1C(=O)NCC1CCSC1. The van der Waals surface area contributed by atoms with Crippen LogP contribution in [-0.4, -0.2) is 35.0 Å². The van der Waals surface area contributed by atoms with E-state index in [2.05, 4.69) is 15.6 Å². The van der Waals surface area contributed by atoms with Crippen molar-refractivity contribution in [3.8, 4) is 0 Å². The van der Waals surface area contributed by atoms with E-state index < -0.39 is 0 Å². The van der Waals surface area contributed by atoms with Crippen LogP contribution in [0.3, 0.4) is 0 Å². The van der Waals surface area contributed by atoms with Gasteiger partial charge in [0.25, 0.3) is 5.91 Å². The van der Waals surface area contributed by atoms with Gasteiger partial charge in [-0.1, -0.05) is 11.3 Å². The second-order valence-electron chi connectivity index (χ2n) is 5.09. The lowest BCUT2D eigenvalue weighted by Crippen LogP contribution is -2.29. The largest absolute Gasteiger partial charge is 0.382 e. The van der Waals surface area contributed by atoms with Crippen LogP contribution in [-0.2, 0) is 0 Å². The van der Waals surface area contributed by atoms with Crippen LogP contribution in [0.15, 0.2) is 0 Å². The first-order valence-corrected chi connectivity index (χ1v) is 8.58. The van der Waals surface area contributed by atoms with Gasteiger partial charge in [-0.2, -0.15) is 11.8 Å². The van der Waals surface area contributed by atoms with Crippen LogP contribution in [0.4, 0.5) is 10.9 Å². The summed E-state index contributed by atoms with van der Waals surface area (Å²) in [6.07, 6.45) is 3.55. The number of nitrogens with one attached hydrogen (secondary N) is 2. The van der Waals surface area contributed by atoms with Crippen LogP contribution in [0, 0.1) is 5.92 Å². The van der Waals surface area contributed by atoms with E-state index in [0.717, 1.165) is 17.4 Å². The lowest BCUT2D eigenvalue weighted by atomic mass is 10.1. The average molecular weight is 298 g/mol. The standard InChI is InChI=1S/C12H18N4OS2/c13-10-9(19-12(16-10)15-8-1-2-8)11(17)14-5-7-3-4-18-6-7/h7-8H,1-6,13H2,(H,14,17)(H,15,16). The van der Waals surface area contributed by atoms with Crippen LogP contribution < -0.4 is 16.4 Å². The number of rotatable bonds is 5. The van der Waals surface area contributed by atoms with Gasteiger partial charge in [-0.05, 0) is 36.7 Å². The number of hydrogen-bond donors (Lipinski definition) is 3. The summed E-state index contributed by atoms with van der Waals surface area (Å²) in [6, 6.07) is 0.525. The monoisotopic (exact) mass is 298 g/mol. The first-order valence-electron chi connectivity index (χ1n) is 6.61. The predicted octanol–water partition coefficient (Wildman–Crippen LogP) is 1.78. The fourth-order valence-corrected chi connectivity index (χ4v) is 4.18. The minimum Gasteiger partial charge on any atom is -0.382 e. The summed E-state index contributed by atoms with van der Waals surface area (Å²) in [5.74, 6) is 3.21. The van der Waals surface area contributed by atoms with Gasteiger partial charge in [-0.25, -0.2) is 4.98 Å². The van der Waals surface area contributed by atoms with Gasteiger partial charge in [0.15, 0.2) is 5.13 Å². The molecule has 1 aliphatic carbocycles. The number of carbonyl (C=O) groups excluding carboxylic acids is 1. The molecule has 1 atom stereocenters. The zero-order chi connectivity index (χ0) is 13.2. The third-order valence-electron chi connectivity index (χ3n) is 3.34. The first kappa shape index (κ1) is 13.1. The fraction of sp³-hybridized carbons (Fsp3) is 0.667. The molecule has 1 saturated heterocycles. The minimum atomic E-state index is -0.0873. The Bertz CT molecular complexity index is 466. The van der Waals surface area contributed by atoms with Crippen molar-refractivity contribution in [2.24, 2.45) is 5.92 Å². The second kappa shape index (κ2) is 5.58. The zero-order valence-corrected chi connectivity index (χ0v) is 12.3. The van der Waals surface area contributed by atoms with E-state index in [4.69, 9.17) is 5.73 Å². The third kappa shape index (κ3) is 3.33. The number of nitrogens with two attached hydrogens (primary N) is 1. The number of thioether (sulfide) groups is 1. The molecule has 0 aromatic carbocycles. The van der Waals surface area contributed by atoms with E-state index in [-0.39, 0.29) is 5.91 Å². The molecular formula is C12H18N4OS2. The highest BCUT2D eigenvalue weighted by Crippen LogP contribution is 2.30. The first-order chi connectivity index (χ1) is 9.22. The van der Waals surface area contributed by atoms with Crippen LogP contribution in [0.5, 0.6) is 0 Å². The summed E-state index contributed by atoms with van der Waals surface area (Å²) >= 11 is 3.31. The van der Waals surface area contributed by atoms with Gasteiger partial charge in [0.1, 0.15) is 10.7 Å². The number of anilines is 2. The molecule has 1 aromatic rings. The van der Waals surface area contributed by atoms with Crippen molar-refractivity contribution in [1.82, 2.24) is 10.3 Å². The summed E-state index contributed by atoms with van der Waals surface area (Å²) in [4.78, 5) is 16.8. The fourth-order valence-electron chi connectivity index (χ4n) is 2.02. The number of carbonyl (C=O) groups is 1. The molecule has 2 fully saturated rings. The maximum absolute atomic E-state index is 12.1. The molecule has 1 saturated carbocycles. The molecule has 1 aliphatic heterocycles. The lowest BCUT2D eigenvalue weighted by molar-refractivity contribution is 0.0953. The normalized spacial score (nSPS) is 22.4. The highest BCUT2D eigenvalue weighted by Gasteiger charge is 2.24. The summed E-state index contributed by atoms with van der Waals surface area (Å²) in [5, 5.41) is 7.01. The number of thiazole rings is 1. The summed E-state index contributed by atoms with van der Waals surface area (Å²) in [7, 11) is 0. The Morgan fingerprint density at radius 3 is 2.95 bits per heavy atom. The number of amides is 1. The molecule has 1 amide bonds. The van der Waals surface area contributed by atoms with E-state index in [1.807, 2.05) is 11.8 Å². The molecule has 1 aromatic heterocycles. The van der Waals surface area contributed by atoms with Crippen molar-refractivity contribution < 1.29 is 4.79 Å². The average Bonchev–Trinajstić information content (AvgIpc) is 2.90. The minimum absolute atomic E-state index is 0.0873. The van der Waals surface area contributed by atoms with Gasteiger partial charge in [-0.3, -0.25) is 4.79 Å². The highest BCUT2D eigenvalue weighted by molar-refractivity contribution is 7.99. The predicted molar refractivity (Wildman–Crippen MR) is 80.9 cm³/mol. The quantitative estimate of drug-likeness (QED) is 0.772. The molecule has 0 spiro atoms. The van der Waals surface area contributed by atoms with Gasteiger partial charge in [0.2, 0.25) is 0 Å². The van der Waals surface area contributed by atoms with Gasteiger partial charge in [0, 0.05) is 12.6 Å². The number of nitrogen functional groups attached to an aromatic ring is 1. The van der Waals surface area contributed by atoms with Crippen molar-refractivity contribution in [1.29, 1.82) is 0 Å². The smallest absolute Gasteiger partial charge is 0.265 e. The van der Waals surface area contributed by atoms with Crippen LogP contribution in [0.1, 0.15) is 28.9 Å². The van der Waals surface area contributed by atoms with E-state index in [9.17, 15) is 4.79 Å². The van der Waals surface area contributed by atoms with E-state index in [1.165, 1.54) is 36.4 Å². The molecule has 5 nitrogen and oxygen atoms in total. The Morgan fingerprint density at radius 2 is 2.26 bits per heavy atom. The van der Waals surface area contributed by atoms with Crippen molar-refractivity contribution in [3.63, 3.8) is 0 Å². The molecular weight excluding hydrogens is 280 g/mol. The number of nitrogens with zero attached hydrogens (tertiary/aromatic N) is 1. The van der Waals surface area contributed by atoms with Gasteiger partial charge in [0.05, 0.1) is 0 Å². The molecule has 1 unspecified atom stereocenters. The molecule has 0 bridgehead atoms.